The SMILES string of the molecule is CCc1cc2cc(C)cc(C)c2nc1SCC(=O)Nc1ccc(NC(C)=O)cc1. The zero-order valence-corrected chi connectivity index (χ0v) is 17.9. The number of rotatable bonds is 6. The highest BCUT2D eigenvalue weighted by molar-refractivity contribution is 8.00. The van der Waals surface area contributed by atoms with Gasteiger partial charge < -0.3 is 10.6 Å². The molecule has 2 aromatic carbocycles. The fraction of sp³-hybridized carbons (Fsp3) is 0.261. The Bertz CT molecular complexity index is 1060. The largest absolute Gasteiger partial charge is 0.326 e. The summed E-state index contributed by atoms with van der Waals surface area (Å²) < 4.78 is 0. The summed E-state index contributed by atoms with van der Waals surface area (Å²) in [6.45, 7) is 7.72. The lowest BCUT2D eigenvalue weighted by Crippen LogP contribution is -2.14. The van der Waals surface area contributed by atoms with E-state index in [1.165, 1.54) is 24.2 Å². The molecule has 6 heteroatoms. The first kappa shape index (κ1) is 20.9. The molecule has 5 nitrogen and oxygen atoms in total. The van der Waals surface area contributed by atoms with Gasteiger partial charge >= 0.3 is 0 Å². The molecule has 2 N–H and O–H groups in total. The fourth-order valence-corrected chi connectivity index (χ4v) is 4.11. The van der Waals surface area contributed by atoms with Crippen LogP contribution in [0.1, 0.15) is 30.5 Å². The molecule has 1 heterocycles. The summed E-state index contributed by atoms with van der Waals surface area (Å²) in [5.74, 6) is 0.0641. The Morgan fingerprint density at radius 2 is 1.66 bits per heavy atom. The Balaban J connectivity index is 1.69. The molecule has 0 spiro atoms. The standard InChI is InChI=1S/C23H25N3O2S/c1-5-17-12-18-11-14(2)10-15(3)22(18)26-23(17)29-13-21(28)25-20-8-6-19(7-9-20)24-16(4)27/h6-12H,5,13H2,1-4H3,(H,24,27)(H,25,28). The number of hydrogen-bond acceptors (Lipinski definition) is 4. The molecule has 2 amide bonds. The van der Waals surface area contributed by atoms with Gasteiger partial charge in [-0.1, -0.05) is 30.3 Å². The number of pyridine rings is 1. The molecule has 0 unspecified atom stereocenters. The third-order valence-corrected chi connectivity index (χ3v) is 5.54. The summed E-state index contributed by atoms with van der Waals surface area (Å²) in [5, 5.41) is 7.64. The maximum Gasteiger partial charge on any atom is 0.234 e. The number of aryl methyl sites for hydroxylation is 3. The zero-order chi connectivity index (χ0) is 21.0. The molecular formula is C23H25N3O2S. The van der Waals surface area contributed by atoms with Gasteiger partial charge in [0.05, 0.1) is 11.3 Å². The van der Waals surface area contributed by atoms with E-state index in [-0.39, 0.29) is 17.6 Å². The van der Waals surface area contributed by atoms with Gasteiger partial charge in [0.1, 0.15) is 5.03 Å². The molecule has 0 aliphatic heterocycles. The van der Waals surface area contributed by atoms with E-state index in [0.717, 1.165) is 33.5 Å². The third kappa shape index (κ3) is 5.35. The lowest BCUT2D eigenvalue weighted by Gasteiger charge is -2.11. The number of carbonyl (C=O) groups is 2. The highest BCUT2D eigenvalue weighted by Crippen LogP contribution is 2.28. The van der Waals surface area contributed by atoms with Crippen LogP contribution in [-0.2, 0) is 16.0 Å². The van der Waals surface area contributed by atoms with Gasteiger partial charge in [-0.2, -0.15) is 0 Å². The molecule has 0 saturated heterocycles. The Labute approximate surface area is 175 Å². The van der Waals surface area contributed by atoms with E-state index in [0.29, 0.717) is 11.4 Å². The number of nitrogens with one attached hydrogen (secondary N) is 2. The van der Waals surface area contributed by atoms with Gasteiger partial charge in [0.2, 0.25) is 11.8 Å². The number of fused-ring (bicyclic) bond motifs is 1. The van der Waals surface area contributed by atoms with Crippen molar-refractivity contribution < 1.29 is 9.59 Å². The maximum absolute atomic E-state index is 12.4. The van der Waals surface area contributed by atoms with Crippen molar-refractivity contribution >= 4 is 45.9 Å². The second kappa shape index (κ2) is 9.09. The van der Waals surface area contributed by atoms with E-state index >= 15 is 0 Å². The van der Waals surface area contributed by atoms with Gasteiger partial charge in [-0.3, -0.25) is 9.59 Å². The minimum atomic E-state index is -0.127. The summed E-state index contributed by atoms with van der Waals surface area (Å²) >= 11 is 1.46. The zero-order valence-electron chi connectivity index (χ0n) is 17.1. The summed E-state index contributed by atoms with van der Waals surface area (Å²) in [6.07, 6.45) is 0.866. The number of anilines is 2. The van der Waals surface area contributed by atoms with E-state index < -0.39 is 0 Å². The number of hydrogen-bond donors (Lipinski definition) is 2. The van der Waals surface area contributed by atoms with Crippen molar-refractivity contribution in [2.45, 2.75) is 39.1 Å². The predicted octanol–water partition coefficient (Wildman–Crippen LogP) is 5.10. The van der Waals surface area contributed by atoms with E-state index in [9.17, 15) is 9.59 Å². The van der Waals surface area contributed by atoms with Crippen molar-refractivity contribution in [1.82, 2.24) is 4.98 Å². The average Bonchev–Trinajstić information content (AvgIpc) is 2.67. The van der Waals surface area contributed by atoms with Gasteiger partial charge in [-0.15, -0.1) is 0 Å². The quantitative estimate of drug-likeness (QED) is 0.558. The Morgan fingerprint density at radius 3 is 2.28 bits per heavy atom. The molecule has 0 atom stereocenters. The van der Waals surface area contributed by atoms with Crippen LogP contribution in [0, 0.1) is 13.8 Å². The third-order valence-electron chi connectivity index (χ3n) is 4.50. The highest BCUT2D eigenvalue weighted by atomic mass is 32.2. The van der Waals surface area contributed by atoms with Crippen molar-refractivity contribution in [3.05, 3.63) is 59.2 Å². The number of aromatic nitrogens is 1. The van der Waals surface area contributed by atoms with Gasteiger partial charge in [0.25, 0.3) is 0 Å². The number of benzene rings is 2. The molecule has 0 aliphatic rings. The minimum Gasteiger partial charge on any atom is -0.326 e. The average molecular weight is 408 g/mol. The second-order valence-electron chi connectivity index (χ2n) is 7.06. The smallest absolute Gasteiger partial charge is 0.234 e. The summed E-state index contributed by atoms with van der Waals surface area (Å²) in [7, 11) is 0. The van der Waals surface area contributed by atoms with Crippen LogP contribution in [-0.4, -0.2) is 22.6 Å². The molecule has 0 aliphatic carbocycles. The highest BCUT2D eigenvalue weighted by Gasteiger charge is 2.11. The molecule has 3 rings (SSSR count). The first-order valence-electron chi connectivity index (χ1n) is 9.57. The Kier molecular flexibility index (Phi) is 6.54. The molecule has 0 bridgehead atoms. The maximum atomic E-state index is 12.4. The van der Waals surface area contributed by atoms with Crippen LogP contribution in [0.15, 0.2) is 47.5 Å². The lowest BCUT2D eigenvalue weighted by atomic mass is 10.0. The van der Waals surface area contributed by atoms with Crippen molar-refractivity contribution in [3.8, 4) is 0 Å². The van der Waals surface area contributed by atoms with Crippen LogP contribution in [0.3, 0.4) is 0 Å². The van der Waals surface area contributed by atoms with Gasteiger partial charge in [-0.05, 0) is 67.8 Å². The fourth-order valence-electron chi connectivity index (χ4n) is 3.23. The van der Waals surface area contributed by atoms with Crippen molar-refractivity contribution in [1.29, 1.82) is 0 Å². The van der Waals surface area contributed by atoms with Crippen LogP contribution in [0.2, 0.25) is 0 Å². The van der Waals surface area contributed by atoms with Crippen LogP contribution < -0.4 is 10.6 Å². The number of amides is 2. The monoisotopic (exact) mass is 407 g/mol. The summed E-state index contributed by atoms with van der Waals surface area (Å²) in [4.78, 5) is 28.3. The predicted molar refractivity (Wildman–Crippen MR) is 121 cm³/mol. The first-order chi connectivity index (χ1) is 13.9. The van der Waals surface area contributed by atoms with E-state index in [1.807, 2.05) is 0 Å². The topological polar surface area (TPSA) is 71.1 Å². The summed E-state index contributed by atoms with van der Waals surface area (Å²) in [6, 6.07) is 13.5. The van der Waals surface area contributed by atoms with Gasteiger partial charge in [-0.25, -0.2) is 4.98 Å². The normalized spacial score (nSPS) is 10.8. The van der Waals surface area contributed by atoms with Crippen LogP contribution >= 0.6 is 11.8 Å². The molecular weight excluding hydrogens is 382 g/mol. The van der Waals surface area contributed by atoms with E-state index in [2.05, 4.69) is 49.6 Å². The Morgan fingerprint density at radius 1 is 1.00 bits per heavy atom. The number of nitrogens with zero attached hydrogens (tertiary/aromatic N) is 1. The molecule has 0 fully saturated rings. The number of thioether (sulfide) groups is 1. The van der Waals surface area contributed by atoms with Crippen molar-refractivity contribution in [2.75, 3.05) is 16.4 Å². The molecule has 0 saturated carbocycles. The van der Waals surface area contributed by atoms with Crippen LogP contribution in [0.25, 0.3) is 10.9 Å². The molecule has 150 valence electrons. The van der Waals surface area contributed by atoms with Crippen molar-refractivity contribution in [3.63, 3.8) is 0 Å². The first-order valence-corrected chi connectivity index (χ1v) is 10.6. The van der Waals surface area contributed by atoms with Crippen molar-refractivity contribution in [2.24, 2.45) is 0 Å². The van der Waals surface area contributed by atoms with Crippen LogP contribution in [0.5, 0.6) is 0 Å². The molecule has 29 heavy (non-hydrogen) atoms. The molecule has 1 aromatic heterocycles. The van der Waals surface area contributed by atoms with Gasteiger partial charge in [0.15, 0.2) is 0 Å². The van der Waals surface area contributed by atoms with Crippen LogP contribution in [0.4, 0.5) is 11.4 Å². The minimum absolute atomic E-state index is 0.0909. The van der Waals surface area contributed by atoms with E-state index in [4.69, 9.17) is 4.98 Å². The lowest BCUT2D eigenvalue weighted by molar-refractivity contribution is -0.114. The molecule has 0 radical (unpaired) electrons. The number of carbonyl (C=O) groups excluding carboxylic acids is 2. The van der Waals surface area contributed by atoms with E-state index in [1.54, 1.807) is 24.3 Å². The molecule has 3 aromatic rings. The van der Waals surface area contributed by atoms with Gasteiger partial charge in [0, 0.05) is 23.7 Å². The summed E-state index contributed by atoms with van der Waals surface area (Å²) in [5.41, 5.74) is 5.90. The Hall–Kier alpha value is -2.86. The second-order valence-corrected chi connectivity index (χ2v) is 8.02.